The van der Waals surface area contributed by atoms with E-state index in [9.17, 15) is 18.3 Å². The number of rotatable bonds is 4. The van der Waals surface area contributed by atoms with Gasteiger partial charge in [-0.1, -0.05) is 38.5 Å². The minimum atomic E-state index is -3.49. The highest BCUT2D eigenvalue weighted by atomic mass is 32.2. The van der Waals surface area contributed by atoms with E-state index in [0.717, 1.165) is 57.8 Å². The molecule has 0 bridgehead atoms. The SMILES string of the molecule is O=C(O)N(c1ccc(S(=O)(=O)N2CCCCC2)cc1)C1CCCCCCC1. The average molecular weight is 395 g/mol. The summed E-state index contributed by atoms with van der Waals surface area (Å²) < 4.78 is 27.1. The fourth-order valence-corrected chi connectivity index (χ4v) is 5.72. The summed E-state index contributed by atoms with van der Waals surface area (Å²) >= 11 is 0. The van der Waals surface area contributed by atoms with Gasteiger partial charge < -0.3 is 5.11 Å². The molecule has 1 saturated heterocycles. The van der Waals surface area contributed by atoms with E-state index in [-0.39, 0.29) is 10.9 Å². The Morgan fingerprint density at radius 2 is 1.41 bits per heavy atom. The number of benzene rings is 1. The number of hydrogen-bond donors (Lipinski definition) is 1. The summed E-state index contributed by atoms with van der Waals surface area (Å²) in [6, 6.07) is 6.36. The van der Waals surface area contributed by atoms with E-state index in [1.807, 2.05) is 0 Å². The van der Waals surface area contributed by atoms with Crippen molar-refractivity contribution in [3.05, 3.63) is 24.3 Å². The van der Waals surface area contributed by atoms with Crippen LogP contribution in [0.15, 0.2) is 29.2 Å². The molecule has 6 nitrogen and oxygen atoms in total. The van der Waals surface area contributed by atoms with Crippen molar-refractivity contribution in [2.75, 3.05) is 18.0 Å². The van der Waals surface area contributed by atoms with Crippen molar-refractivity contribution in [1.29, 1.82) is 0 Å². The van der Waals surface area contributed by atoms with Gasteiger partial charge in [-0.15, -0.1) is 0 Å². The number of anilines is 1. The zero-order valence-corrected chi connectivity index (χ0v) is 16.7. The summed E-state index contributed by atoms with van der Waals surface area (Å²) in [5, 5.41) is 9.77. The molecule has 1 amide bonds. The molecule has 1 saturated carbocycles. The van der Waals surface area contributed by atoms with E-state index < -0.39 is 16.1 Å². The van der Waals surface area contributed by atoms with Crippen LogP contribution in [-0.4, -0.2) is 43.1 Å². The lowest BCUT2D eigenvalue weighted by Crippen LogP contribution is -2.40. The number of sulfonamides is 1. The van der Waals surface area contributed by atoms with Crippen LogP contribution in [0.25, 0.3) is 0 Å². The fourth-order valence-electron chi connectivity index (χ4n) is 4.20. The molecular weight excluding hydrogens is 364 g/mol. The summed E-state index contributed by atoms with van der Waals surface area (Å²) in [6.45, 7) is 1.13. The molecule has 0 radical (unpaired) electrons. The Labute approximate surface area is 162 Å². The van der Waals surface area contributed by atoms with E-state index >= 15 is 0 Å². The number of hydrogen-bond acceptors (Lipinski definition) is 3. The van der Waals surface area contributed by atoms with Gasteiger partial charge in [0.2, 0.25) is 10.0 Å². The Morgan fingerprint density at radius 1 is 0.889 bits per heavy atom. The van der Waals surface area contributed by atoms with E-state index in [2.05, 4.69) is 0 Å². The van der Waals surface area contributed by atoms with Gasteiger partial charge in [-0.3, -0.25) is 4.90 Å². The van der Waals surface area contributed by atoms with Gasteiger partial charge in [-0.05, 0) is 49.9 Å². The largest absolute Gasteiger partial charge is 0.465 e. The quantitative estimate of drug-likeness (QED) is 0.818. The zero-order chi connectivity index (χ0) is 19.3. The van der Waals surface area contributed by atoms with Crippen molar-refractivity contribution in [1.82, 2.24) is 4.31 Å². The predicted molar refractivity (Wildman–Crippen MR) is 106 cm³/mol. The number of carbonyl (C=O) groups is 1. The highest BCUT2D eigenvalue weighted by Gasteiger charge is 2.28. The van der Waals surface area contributed by atoms with Gasteiger partial charge in [-0.25, -0.2) is 13.2 Å². The first-order chi connectivity index (χ1) is 13.0. The Balaban J connectivity index is 1.80. The highest BCUT2D eigenvalue weighted by Crippen LogP contribution is 2.28. The number of amides is 1. The van der Waals surface area contributed by atoms with Gasteiger partial charge in [0, 0.05) is 24.8 Å². The Hall–Kier alpha value is -1.60. The van der Waals surface area contributed by atoms with Crippen LogP contribution >= 0.6 is 0 Å². The maximum absolute atomic E-state index is 12.8. The molecule has 3 rings (SSSR count). The summed E-state index contributed by atoms with van der Waals surface area (Å²) in [4.78, 5) is 13.6. The van der Waals surface area contributed by atoms with Crippen molar-refractivity contribution >= 4 is 21.8 Å². The van der Waals surface area contributed by atoms with Gasteiger partial charge in [0.15, 0.2) is 0 Å². The van der Waals surface area contributed by atoms with Crippen molar-refractivity contribution in [2.45, 2.75) is 75.1 Å². The van der Waals surface area contributed by atoms with Crippen LogP contribution in [0.4, 0.5) is 10.5 Å². The molecule has 1 aliphatic carbocycles. The van der Waals surface area contributed by atoms with Crippen molar-refractivity contribution in [3.8, 4) is 0 Å². The van der Waals surface area contributed by atoms with Crippen LogP contribution in [0.2, 0.25) is 0 Å². The molecule has 2 fully saturated rings. The molecule has 0 atom stereocenters. The molecular formula is C20H30N2O4S. The van der Waals surface area contributed by atoms with Gasteiger partial charge in [0.1, 0.15) is 0 Å². The molecule has 1 aliphatic heterocycles. The normalized spacial score (nSPS) is 20.6. The smallest absolute Gasteiger partial charge is 0.412 e. The summed E-state index contributed by atoms with van der Waals surface area (Å²) in [6.07, 6.45) is 9.22. The van der Waals surface area contributed by atoms with Gasteiger partial charge in [0.25, 0.3) is 0 Å². The summed E-state index contributed by atoms with van der Waals surface area (Å²) in [5.41, 5.74) is 0.561. The first kappa shape index (κ1) is 20.1. The molecule has 0 spiro atoms. The zero-order valence-electron chi connectivity index (χ0n) is 15.8. The highest BCUT2D eigenvalue weighted by molar-refractivity contribution is 7.89. The molecule has 2 aliphatic rings. The second-order valence-corrected chi connectivity index (χ2v) is 9.55. The average Bonchev–Trinajstić information content (AvgIpc) is 2.64. The predicted octanol–water partition coefficient (Wildman–Crippen LogP) is 4.46. The van der Waals surface area contributed by atoms with Crippen LogP contribution in [0.5, 0.6) is 0 Å². The Kier molecular flexibility index (Phi) is 6.76. The molecule has 1 heterocycles. The molecule has 27 heavy (non-hydrogen) atoms. The Bertz CT molecular complexity index is 719. The molecule has 7 heteroatoms. The minimum Gasteiger partial charge on any atom is -0.465 e. The van der Waals surface area contributed by atoms with Crippen molar-refractivity contribution < 1.29 is 18.3 Å². The molecule has 150 valence electrons. The minimum absolute atomic E-state index is 0.0349. The van der Waals surface area contributed by atoms with E-state index in [1.165, 1.54) is 15.6 Å². The molecule has 0 aromatic heterocycles. The number of piperidine rings is 1. The van der Waals surface area contributed by atoms with Crippen molar-refractivity contribution in [3.63, 3.8) is 0 Å². The lowest BCUT2D eigenvalue weighted by atomic mass is 9.95. The molecule has 1 aromatic carbocycles. The van der Waals surface area contributed by atoms with Crippen LogP contribution in [-0.2, 0) is 10.0 Å². The summed E-state index contributed by atoms with van der Waals surface area (Å²) in [7, 11) is -3.49. The third-order valence-corrected chi connectivity index (χ3v) is 7.63. The molecule has 1 aromatic rings. The van der Waals surface area contributed by atoms with Crippen LogP contribution in [0.1, 0.15) is 64.2 Å². The second-order valence-electron chi connectivity index (χ2n) is 7.61. The first-order valence-corrected chi connectivity index (χ1v) is 11.6. The van der Waals surface area contributed by atoms with E-state index in [1.54, 1.807) is 24.3 Å². The monoisotopic (exact) mass is 394 g/mol. The standard InChI is InChI=1S/C20H30N2O4S/c23-20(24)22(17-9-5-2-1-3-6-10-17)18-11-13-19(14-12-18)27(25,26)21-15-7-4-8-16-21/h11-14,17H,1-10,15-16H2,(H,23,24). The van der Waals surface area contributed by atoms with Crippen molar-refractivity contribution in [2.24, 2.45) is 0 Å². The van der Waals surface area contributed by atoms with Crippen LogP contribution < -0.4 is 4.90 Å². The molecule has 1 N–H and O–H groups in total. The third kappa shape index (κ3) is 4.82. The fraction of sp³-hybridized carbons (Fsp3) is 0.650. The maximum atomic E-state index is 12.8. The third-order valence-electron chi connectivity index (χ3n) is 5.71. The van der Waals surface area contributed by atoms with E-state index in [4.69, 9.17) is 0 Å². The first-order valence-electron chi connectivity index (χ1n) is 10.1. The second kappa shape index (κ2) is 9.06. The van der Waals surface area contributed by atoms with Crippen LogP contribution in [0.3, 0.4) is 0 Å². The lowest BCUT2D eigenvalue weighted by molar-refractivity contribution is 0.197. The van der Waals surface area contributed by atoms with Gasteiger partial charge >= 0.3 is 6.09 Å². The Morgan fingerprint density at radius 3 is 1.96 bits per heavy atom. The van der Waals surface area contributed by atoms with E-state index in [0.29, 0.717) is 18.8 Å². The lowest BCUT2D eigenvalue weighted by Gasteiger charge is -2.31. The van der Waals surface area contributed by atoms with Crippen LogP contribution in [0, 0.1) is 0 Å². The topological polar surface area (TPSA) is 77.9 Å². The number of nitrogens with zero attached hydrogens (tertiary/aromatic N) is 2. The van der Waals surface area contributed by atoms with Gasteiger partial charge in [-0.2, -0.15) is 4.31 Å². The maximum Gasteiger partial charge on any atom is 0.412 e. The number of carboxylic acid groups (broad SMARTS) is 1. The van der Waals surface area contributed by atoms with Gasteiger partial charge in [0.05, 0.1) is 4.90 Å². The molecule has 0 unspecified atom stereocenters. The summed E-state index contributed by atoms with van der Waals surface area (Å²) in [5.74, 6) is 0.